The molecule has 7 heteroatoms. The first-order chi connectivity index (χ1) is 15.4. The van der Waals surface area contributed by atoms with Gasteiger partial charge in [-0.25, -0.2) is 9.37 Å². The van der Waals surface area contributed by atoms with Crippen LogP contribution in [0.1, 0.15) is 41.2 Å². The van der Waals surface area contributed by atoms with Gasteiger partial charge in [-0.2, -0.15) is 0 Å². The van der Waals surface area contributed by atoms with Gasteiger partial charge in [-0.3, -0.25) is 4.21 Å². The molecule has 1 N–H and O–H groups in total. The van der Waals surface area contributed by atoms with Crippen molar-refractivity contribution < 1.29 is 13.1 Å². The van der Waals surface area contributed by atoms with Crippen LogP contribution in [-0.2, 0) is 23.6 Å². The minimum absolute atomic E-state index is 0.156. The molecule has 32 heavy (non-hydrogen) atoms. The molecule has 3 heterocycles. The van der Waals surface area contributed by atoms with E-state index in [-0.39, 0.29) is 5.82 Å². The van der Waals surface area contributed by atoms with E-state index >= 15 is 0 Å². The summed E-state index contributed by atoms with van der Waals surface area (Å²) in [5.41, 5.74) is 6.51. The number of rotatable bonds is 4. The second-order valence-corrected chi connectivity index (χ2v) is 9.95. The van der Waals surface area contributed by atoms with E-state index in [4.69, 9.17) is 4.52 Å². The summed E-state index contributed by atoms with van der Waals surface area (Å²) in [6.45, 7) is 5.63. The maximum absolute atomic E-state index is 13.7. The number of H-pyrrole nitrogens is 1. The Morgan fingerprint density at radius 3 is 2.47 bits per heavy atom. The van der Waals surface area contributed by atoms with Crippen LogP contribution in [0, 0.1) is 26.6 Å². The molecule has 4 aromatic rings. The van der Waals surface area contributed by atoms with Crippen LogP contribution < -0.4 is 0 Å². The van der Waals surface area contributed by atoms with Gasteiger partial charge in [0.25, 0.3) is 0 Å². The Labute approximate surface area is 189 Å². The SMILES string of the molecule is Cc1ccc(CCc2nc3ccc(-c4c(C)noc4C)cc3[nH]2)cc1F.O=S1CCCC1. The van der Waals surface area contributed by atoms with Crippen LogP contribution in [0.4, 0.5) is 4.39 Å². The van der Waals surface area contributed by atoms with E-state index in [0.717, 1.165) is 69.3 Å². The fourth-order valence-corrected chi connectivity index (χ4v) is 5.17. The summed E-state index contributed by atoms with van der Waals surface area (Å²) in [5.74, 6) is 3.47. The van der Waals surface area contributed by atoms with Crippen molar-refractivity contribution in [2.45, 2.75) is 46.5 Å². The summed E-state index contributed by atoms with van der Waals surface area (Å²) in [4.78, 5) is 8.02. The highest BCUT2D eigenvalue weighted by Crippen LogP contribution is 2.29. The summed E-state index contributed by atoms with van der Waals surface area (Å²) in [7, 11) is -0.423. The maximum Gasteiger partial charge on any atom is 0.141 e. The number of halogens is 1. The predicted octanol–water partition coefficient (Wildman–Crippen LogP) is 5.60. The molecule has 0 aliphatic carbocycles. The number of aromatic amines is 1. The third kappa shape index (κ3) is 5.15. The van der Waals surface area contributed by atoms with Crippen LogP contribution in [0.2, 0.25) is 0 Å². The average Bonchev–Trinajstić information content (AvgIpc) is 3.49. The van der Waals surface area contributed by atoms with Crippen LogP contribution in [0.25, 0.3) is 22.2 Å². The smallest absolute Gasteiger partial charge is 0.141 e. The highest BCUT2D eigenvalue weighted by molar-refractivity contribution is 7.85. The lowest BCUT2D eigenvalue weighted by Crippen LogP contribution is -1.95. The molecule has 5 nitrogen and oxygen atoms in total. The van der Waals surface area contributed by atoms with Crippen molar-refractivity contribution in [2.75, 3.05) is 11.5 Å². The second-order valence-electron chi connectivity index (χ2n) is 8.25. The van der Waals surface area contributed by atoms with Crippen LogP contribution in [-0.4, -0.2) is 30.8 Å². The molecule has 0 spiro atoms. The first-order valence-corrected chi connectivity index (χ1v) is 12.4. The molecule has 5 rings (SSSR count). The predicted molar refractivity (Wildman–Crippen MR) is 127 cm³/mol. The van der Waals surface area contributed by atoms with Crippen molar-refractivity contribution in [3.05, 3.63) is 70.6 Å². The summed E-state index contributed by atoms with van der Waals surface area (Å²) in [5, 5.41) is 4.02. The van der Waals surface area contributed by atoms with Crippen LogP contribution in [0.3, 0.4) is 0 Å². The fraction of sp³-hybridized carbons (Fsp3) is 0.360. The number of benzene rings is 2. The minimum atomic E-state index is -0.423. The highest BCUT2D eigenvalue weighted by Gasteiger charge is 2.13. The molecule has 0 unspecified atom stereocenters. The summed E-state index contributed by atoms with van der Waals surface area (Å²) < 4.78 is 29.3. The van der Waals surface area contributed by atoms with Gasteiger partial charge < -0.3 is 9.51 Å². The Bertz CT molecular complexity index is 1230. The van der Waals surface area contributed by atoms with Gasteiger partial charge in [-0.15, -0.1) is 0 Å². The van der Waals surface area contributed by atoms with Crippen molar-refractivity contribution in [2.24, 2.45) is 0 Å². The zero-order valence-electron chi connectivity index (χ0n) is 18.7. The first kappa shape index (κ1) is 22.4. The molecule has 2 aromatic heterocycles. The number of nitrogens with one attached hydrogen (secondary N) is 1. The van der Waals surface area contributed by atoms with Crippen LogP contribution >= 0.6 is 0 Å². The molecule has 0 bridgehead atoms. The molecular formula is C25H28FN3O2S. The molecule has 1 fully saturated rings. The fourth-order valence-electron chi connectivity index (χ4n) is 3.91. The Morgan fingerprint density at radius 1 is 1.06 bits per heavy atom. The molecular weight excluding hydrogens is 425 g/mol. The van der Waals surface area contributed by atoms with Crippen molar-refractivity contribution in [3.63, 3.8) is 0 Å². The van der Waals surface area contributed by atoms with Gasteiger partial charge in [-0.1, -0.05) is 23.4 Å². The van der Waals surface area contributed by atoms with Crippen molar-refractivity contribution >= 4 is 21.8 Å². The van der Waals surface area contributed by atoms with Crippen molar-refractivity contribution in [1.29, 1.82) is 0 Å². The third-order valence-corrected chi connectivity index (χ3v) is 7.22. The summed E-state index contributed by atoms with van der Waals surface area (Å²) in [6, 6.07) is 11.5. The van der Waals surface area contributed by atoms with Crippen molar-refractivity contribution in [3.8, 4) is 11.1 Å². The lowest BCUT2D eigenvalue weighted by Gasteiger charge is -2.02. The number of imidazole rings is 1. The van der Waals surface area contributed by atoms with Gasteiger partial charge in [0.15, 0.2) is 0 Å². The van der Waals surface area contributed by atoms with E-state index in [0.29, 0.717) is 5.56 Å². The largest absolute Gasteiger partial charge is 0.361 e. The van der Waals surface area contributed by atoms with E-state index in [1.807, 2.05) is 38.1 Å². The third-order valence-electron chi connectivity index (χ3n) is 5.73. The standard InChI is InChI=1S/C21H20FN3O.C4H8OS/c1-12-4-5-15(10-17(12)22)6-9-20-23-18-8-7-16(11-19(18)24-20)21-13(2)25-26-14(21)3;5-6-3-1-2-4-6/h4-5,7-8,10-11H,6,9H2,1-3H3,(H,23,24);1-4H2. The molecule has 168 valence electrons. The second kappa shape index (κ2) is 9.77. The van der Waals surface area contributed by atoms with Crippen LogP contribution in [0.15, 0.2) is 40.9 Å². The molecule has 1 aliphatic rings. The number of aromatic nitrogens is 3. The van der Waals surface area contributed by atoms with Gasteiger partial charge in [-0.05, 0) is 74.9 Å². The average molecular weight is 454 g/mol. The molecule has 0 amide bonds. The molecule has 2 aromatic carbocycles. The van der Waals surface area contributed by atoms with E-state index in [9.17, 15) is 8.60 Å². The quantitative estimate of drug-likeness (QED) is 0.437. The number of hydrogen-bond acceptors (Lipinski definition) is 4. The summed E-state index contributed by atoms with van der Waals surface area (Å²) in [6.07, 6.45) is 3.85. The van der Waals surface area contributed by atoms with E-state index in [1.165, 1.54) is 12.8 Å². The Hall–Kier alpha value is -2.80. The summed E-state index contributed by atoms with van der Waals surface area (Å²) >= 11 is 0. The first-order valence-electron chi connectivity index (χ1n) is 10.9. The molecule has 1 saturated heterocycles. The van der Waals surface area contributed by atoms with Crippen LogP contribution in [0.5, 0.6) is 0 Å². The molecule has 0 radical (unpaired) electrons. The van der Waals surface area contributed by atoms with E-state index in [2.05, 4.69) is 21.2 Å². The highest BCUT2D eigenvalue weighted by atomic mass is 32.2. The van der Waals surface area contributed by atoms with Gasteiger partial charge in [0.05, 0.1) is 16.7 Å². The Kier molecular flexibility index (Phi) is 6.84. The number of nitrogens with zero attached hydrogens (tertiary/aromatic N) is 2. The normalized spacial score (nSPS) is 14.0. The minimum Gasteiger partial charge on any atom is -0.361 e. The lowest BCUT2D eigenvalue weighted by atomic mass is 10.0. The van der Waals surface area contributed by atoms with Gasteiger partial charge in [0, 0.05) is 34.3 Å². The number of aryl methyl sites for hydroxylation is 5. The zero-order valence-corrected chi connectivity index (χ0v) is 19.5. The Morgan fingerprint density at radius 2 is 1.84 bits per heavy atom. The molecule has 0 saturated carbocycles. The maximum atomic E-state index is 13.7. The van der Waals surface area contributed by atoms with Gasteiger partial charge in [0.2, 0.25) is 0 Å². The number of hydrogen-bond donors (Lipinski definition) is 1. The number of fused-ring (bicyclic) bond motifs is 1. The topological polar surface area (TPSA) is 71.8 Å². The van der Waals surface area contributed by atoms with E-state index in [1.54, 1.807) is 13.0 Å². The monoisotopic (exact) mass is 453 g/mol. The Balaban J connectivity index is 0.000000354. The molecule has 1 aliphatic heterocycles. The van der Waals surface area contributed by atoms with Gasteiger partial charge >= 0.3 is 0 Å². The lowest BCUT2D eigenvalue weighted by molar-refractivity contribution is 0.393. The van der Waals surface area contributed by atoms with E-state index < -0.39 is 10.8 Å². The molecule has 0 atom stereocenters. The van der Waals surface area contributed by atoms with Crippen molar-refractivity contribution in [1.82, 2.24) is 15.1 Å². The van der Waals surface area contributed by atoms with Gasteiger partial charge in [0.1, 0.15) is 17.4 Å². The zero-order chi connectivity index (χ0) is 22.7.